The predicted molar refractivity (Wildman–Crippen MR) is 33.5 cm³/mol. The van der Waals surface area contributed by atoms with Gasteiger partial charge in [-0.05, 0) is 0 Å². The molecule has 1 nitrogen and oxygen atoms in total. The van der Waals surface area contributed by atoms with Gasteiger partial charge in [0.25, 0.3) is 0 Å². The van der Waals surface area contributed by atoms with E-state index < -0.39 is 0 Å². The van der Waals surface area contributed by atoms with Gasteiger partial charge in [-0.3, -0.25) is 6.08 Å². The van der Waals surface area contributed by atoms with Gasteiger partial charge in [0.1, 0.15) is 0 Å². The van der Waals surface area contributed by atoms with Crippen molar-refractivity contribution in [3.63, 3.8) is 0 Å². The SMILES string of the molecule is C[CH-]O.[C-]1=CC=CC1.[Re]. The number of aliphatic hydroxyl groups is 1. The molecule has 0 spiro atoms. The van der Waals surface area contributed by atoms with Gasteiger partial charge in [-0.25, -0.2) is 18.8 Å². The first-order valence-electron chi connectivity index (χ1n) is 2.55. The Morgan fingerprint density at radius 3 is 2.33 bits per heavy atom. The Morgan fingerprint density at radius 1 is 1.67 bits per heavy atom. The smallest absolute Gasteiger partial charge is 0 e. The zero-order valence-electron chi connectivity index (χ0n) is 5.34. The third-order valence-corrected chi connectivity index (χ3v) is 0.586. The zero-order chi connectivity index (χ0) is 6.24. The fourth-order valence-corrected chi connectivity index (χ4v) is 0.340. The largest absolute Gasteiger partial charge is 0.566 e. The Hall–Kier alpha value is 0.102. The van der Waals surface area contributed by atoms with Crippen molar-refractivity contribution in [1.29, 1.82) is 0 Å². The third-order valence-electron chi connectivity index (χ3n) is 0.586. The number of hydrogen-bond donors (Lipinski definition) is 1. The van der Waals surface area contributed by atoms with Crippen molar-refractivity contribution >= 4 is 0 Å². The van der Waals surface area contributed by atoms with Crippen molar-refractivity contribution in [3.05, 3.63) is 30.9 Å². The first kappa shape index (κ1) is 11.8. The summed E-state index contributed by atoms with van der Waals surface area (Å²) in [6.45, 7) is 2.56. The van der Waals surface area contributed by atoms with E-state index in [1.165, 1.54) is 0 Å². The number of hydrogen-bond acceptors (Lipinski definition) is 1. The summed E-state index contributed by atoms with van der Waals surface area (Å²) >= 11 is 0. The van der Waals surface area contributed by atoms with E-state index in [2.05, 4.69) is 12.2 Å². The summed E-state index contributed by atoms with van der Waals surface area (Å²) in [7, 11) is 0. The Bertz CT molecular complexity index is 76.9. The quantitative estimate of drug-likeness (QED) is 0.676. The van der Waals surface area contributed by atoms with Crippen LogP contribution in [0.3, 0.4) is 0 Å². The van der Waals surface area contributed by atoms with Crippen LogP contribution in [0.4, 0.5) is 0 Å². The summed E-state index contributed by atoms with van der Waals surface area (Å²) < 4.78 is 0. The normalized spacial score (nSPS) is 11.8. The van der Waals surface area contributed by atoms with Crippen LogP contribution in [0, 0.1) is 12.7 Å². The zero-order valence-corrected chi connectivity index (χ0v) is 8.06. The molecule has 0 heterocycles. The minimum absolute atomic E-state index is 0. The van der Waals surface area contributed by atoms with E-state index in [0.29, 0.717) is 0 Å². The van der Waals surface area contributed by atoms with Crippen molar-refractivity contribution < 1.29 is 25.5 Å². The summed E-state index contributed by atoms with van der Waals surface area (Å²) in [5.74, 6) is 0. The molecule has 9 heavy (non-hydrogen) atoms. The summed E-state index contributed by atoms with van der Waals surface area (Å²) in [6.07, 6.45) is 10.0. The summed E-state index contributed by atoms with van der Waals surface area (Å²) in [4.78, 5) is 0. The second-order valence-electron chi connectivity index (χ2n) is 1.26. The molecule has 1 N–H and O–H groups in total. The average molecular weight is 296 g/mol. The maximum absolute atomic E-state index is 7.44. The van der Waals surface area contributed by atoms with Gasteiger partial charge in [0.15, 0.2) is 0 Å². The monoisotopic (exact) mass is 297 g/mol. The number of aliphatic hydroxyl groups excluding tert-OH is 1. The minimum Gasteiger partial charge on any atom is -0.566 e. The van der Waals surface area contributed by atoms with Crippen LogP contribution < -0.4 is 0 Å². The molecular formula is C7H10ORe-2. The first-order chi connectivity index (χ1) is 3.91. The van der Waals surface area contributed by atoms with Gasteiger partial charge in [-0.15, -0.1) is 6.42 Å². The van der Waals surface area contributed by atoms with Crippen LogP contribution in [0.2, 0.25) is 0 Å². The molecule has 0 aromatic rings. The van der Waals surface area contributed by atoms with E-state index in [0.717, 1.165) is 13.0 Å². The van der Waals surface area contributed by atoms with E-state index >= 15 is 0 Å². The molecule has 0 amide bonds. The minimum atomic E-state index is 0. The molecule has 1 radical (unpaired) electrons. The Morgan fingerprint density at radius 2 is 2.22 bits per heavy atom. The molecule has 1 rings (SSSR count). The van der Waals surface area contributed by atoms with Crippen molar-refractivity contribution in [3.8, 4) is 0 Å². The van der Waals surface area contributed by atoms with Crippen LogP contribution in [-0.4, -0.2) is 5.11 Å². The molecule has 0 bridgehead atoms. The average Bonchev–Trinajstić information content (AvgIpc) is 2.17. The van der Waals surface area contributed by atoms with Crippen LogP contribution in [0.1, 0.15) is 13.3 Å². The molecule has 53 valence electrons. The van der Waals surface area contributed by atoms with Crippen LogP contribution in [0.25, 0.3) is 0 Å². The van der Waals surface area contributed by atoms with Crippen LogP contribution in [0.5, 0.6) is 0 Å². The molecule has 1 aliphatic rings. The van der Waals surface area contributed by atoms with Crippen molar-refractivity contribution in [1.82, 2.24) is 0 Å². The first-order valence-corrected chi connectivity index (χ1v) is 2.55. The Labute approximate surface area is 70.1 Å². The van der Waals surface area contributed by atoms with Gasteiger partial charge in [-0.1, -0.05) is 0 Å². The van der Waals surface area contributed by atoms with Crippen LogP contribution in [0.15, 0.2) is 18.2 Å². The van der Waals surface area contributed by atoms with E-state index in [9.17, 15) is 0 Å². The van der Waals surface area contributed by atoms with Gasteiger partial charge in [0, 0.05) is 20.4 Å². The van der Waals surface area contributed by atoms with Gasteiger partial charge in [-0.2, -0.15) is 13.0 Å². The number of rotatable bonds is 0. The van der Waals surface area contributed by atoms with E-state index in [-0.39, 0.29) is 20.4 Å². The topological polar surface area (TPSA) is 20.2 Å². The van der Waals surface area contributed by atoms with Gasteiger partial charge in [0.2, 0.25) is 0 Å². The fourth-order valence-electron chi connectivity index (χ4n) is 0.340. The molecule has 0 aliphatic heterocycles. The van der Waals surface area contributed by atoms with Crippen LogP contribution in [-0.2, 0) is 20.4 Å². The van der Waals surface area contributed by atoms with Gasteiger partial charge in [0.05, 0.1) is 0 Å². The third kappa shape index (κ3) is 11.6. The second-order valence-corrected chi connectivity index (χ2v) is 1.26. The molecule has 1 aliphatic carbocycles. The molecular weight excluding hydrogens is 286 g/mol. The second kappa shape index (κ2) is 11.0. The summed E-state index contributed by atoms with van der Waals surface area (Å²) in [5, 5.41) is 7.44. The maximum Gasteiger partial charge on any atom is 0 e. The molecule has 0 saturated heterocycles. The molecule has 0 saturated carbocycles. The van der Waals surface area contributed by atoms with Crippen molar-refractivity contribution in [2.24, 2.45) is 0 Å². The predicted octanol–water partition coefficient (Wildman–Crippen LogP) is 1.84. The van der Waals surface area contributed by atoms with Crippen LogP contribution >= 0.6 is 0 Å². The number of allylic oxidation sites excluding steroid dienone is 4. The van der Waals surface area contributed by atoms with Gasteiger partial charge < -0.3 is 5.11 Å². The molecule has 0 unspecified atom stereocenters. The maximum atomic E-state index is 7.44. The van der Waals surface area contributed by atoms with E-state index in [1.54, 1.807) is 6.92 Å². The molecule has 0 atom stereocenters. The fraction of sp³-hybridized carbons (Fsp3) is 0.286. The van der Waals surface area contributed by atoms with Crippen molar-refractivity contribution in [2.45, 2.75) is 13.3 Å². The Balaban J connectivity index is 0. The van der Waals surface area contributed by atoms with Crippen molar-refractivity contribution in [2.75, 3.05) is 0 Å². The van der Waals surface area contributed by atoms with Gasteiger partial charge >= 0.3 is 0 Å². The Kier molecular flexibility index (Phi) is 14.4. The van der Waals surface area contributed by atoms with E-state index in [4.69, 9.17) is 5.11 Å². The molecule has 0 aromatic heterocycles. The summed E-state index contributed by atoms with van der Waals surface area (Å²) in [5.41, 5.74) is 0. The molecule has 2 heteroatoms. The molecule has 0 fully saturated rings. The van der Waals surface area contributed by atoms with E-state index in [1.807, 2.05) is 12.2 Å². The summed E-state index contributed by atoms with van der Waals surface area (Å²) in [6, 6.07) is 0. The standard InChI is InChI=1S/C5H5.C2H5O.Re/c1-2-4-5-3-1;1-2-3;/h1-3H,4H2;2-3H,1H3;/q2*-1;. The molecule has 0 aromatic carbocycles.